The highest BCUT2D eigenvalue weighted by Gasteiger charge is 2.40. The van der Waals surface area contributed by atoms with Crippen molar-refractivity contribution in [3.63, 3.8) is 0 Å². The lowest BCUT2D eigenvalue weighted by Gasteiger charge is -2.43. The molecule has 3 N–H and O–H groups in total. The summed E-state index contributed by atoms with van der Waals surface area (Å²) >= 11 is 0. The normalized spacial score (nSPS) is 15.3. The van der Waals surface area contributed by atoms with E-state index in [0.717, 1.165) is 38.5 Å². The first-order chi connectivity index (χ1) is 20.2. The zero-order chi connectivity index (χ0) is 31.6. The number of aliphatic carboxylic acids is 3. The first-order valence-electron chi connectivity index (χ1n) is 17.3. The second-order valence-electron chi connectivity index (χ2n) is 12.6. The maximum atomic E-state index is 12.0. The summed E-state index contributed by atoms with van der Waals surface area (Å²) in [5.74, 6) is -4.54. The molecule has 0 aromatic rings. The van der Waals surface area contributed by atoms with Crippen LogP contribution in [-0.4, -0.2) is 63.9 Å². The Bertz CT molecular complexity index is 677. The Morgan fingerprint density at radius 2 is 0.810 bits per heavy atom. The summed E-state index contributed by atoms with van der Waals surface area (Å²) in [6.45, 7) is 9.22. The van der Waals surface area contributed by atoms with Crippen molar-refractivity contribution in [3.05, 3.63) is 12.2 Å². The Morgan fingerprint density at radius 3 is 1.12 bits per heavy atom. The molecule has 0 aliphatic heterocycles. The van der Waals surface area contributed by atoms with Gasteiger partial charge in [0.15, 0.2) is 0 Å². The third-order valence-corrected chi connectivity index (χ3v) is 8.99. The third-order valence-electron chi connectivity index (χ3n) is 8.99. The van der Waals surface area contributed by atoms with Crippen LogP contribution in [0, 0.1) is 17.8 Å². The van der Waals surface area contributed by atoms with Crippen molar-refractivity contribution >= 4 is 17.9 Å². The number of allylic oxidation sites excluding steroid dienone is 2. The van der Waals surface area contributed by atoms with Crippen LogP contribution < -0.4 is 0 Å². The first kappa shape index (κ1) is 40.1. The zero-order valence-electron chi connectivity index (χ0n) is 27.7. The van der Waals surface area contributed by atoms with E-state index >= 15 is 0 Å². The van der Waals surface area contributed by atoms with E-state index < -0.39 is 35.7 Å². The summed E-state index contributed by atoms with van der Waals surface area (Å²) in [7, 11) is 0. The van der Waals surface area contributed by atoms with E-state index in [0.29, 0.717) is 25.8 Å². The summed E-state index contributed by atoms with van der Waals surface area (Å²) in [4.78, 5) is 35.9. The highest BCUT2D eigenvalue weighted by molar-refractivity contribution is 5.71. The average molecular weight is 597 g/mol. The largest absolute Gasteiger partial charge is 0.481 e. The van der Waals surface area contributed by atoms with Gasteiger partial charge in [0.25, 0.3) is 0 Å². The lowest BCUT2D eigenvalue weighted by Crippen LogP contribution is -2.58. The molecule has 0 fully saturated rings. The number of carbonyl (C=O) groups is 3. The summed E-state index contributed by atoms with van der Waals surface area (Å²) in [5, 5.41) is 29.4. The highest BCUT2D eigenvalue weighted by Crippen LogP contribution is 2.25. The predicted octanol–water partition coefficient (Wildman–Crippen LogP) is 8.95. The first-order valence-corrected chi connectivity index (χ1v) is 17.3. The van der Waals surface area contributed by atoms with E-state index in [9.17, 15) is 29.7 Å². The second kappa shape index (κ2) is 25.6. The maximum Gasteiger partial charge on any atom is 0.312 e. The zero-order valence-corrected chi connectivity index (χ0v) is 27.7. The molecule has 246 valence electrons. The molecule has 0 aromatic heterocycles. The van der Waals surface area contributed by atoms with Crippen molar-refractivity contribution in [2.45, 2.75) is 150 Å². The molecule has 0 amide bonds. The molecule has 0 bridgehead atoms. The summed E-state index contributed by atoms with van der Waals surface area (Å²) < 4.78 is 0.249. The lowest BCUT2D eigenvalue weighted by atomic mass is 9.95. The number of hydrogen-bond acceptors (Lipinski definition) is 3. The van der Waals surface area contributed by atoms with Crippen LogP contribution in [-0.2, 0) is 14.4 Å². The molecule has 0 saturated heterocycles. The third kappa shape index (κ3) is 19.3. The Morgan fingerprint density at radius 1 is 0.500 bits per heavy atom. The van der Waals surface area contributed by atoms with Crippen molar-refractivity contribution in [1.29, 1.82) is 0 Å². The number of unbranched alkanes of at least 4 members (excludes halogenated alkanes) is 14. The summed E-state index contributed by atoms with van der Waals surface area (Å²) in [5.41, 5.74) is 0. The van der Waals surface area contributed by atoms with Gasteiger partial charge in [-0.2, -0.15) is 0 Å². The van der Waals surface area contributed by atoms with Crippen LogP contribution in [0.2, 0.25) is 0 Å². The molecule has 0 heterocycles. The molecule has 0 spiro atoms. The van der Waals surface area contributed by atoms with Gasteiger partial charge in [-0.15, -0.1) is 0 Å². The van der Waals surface area contributed by atoms with E-state index in [4.69, 9.17) is 0 Å². The van der Waals surface area contributed by atoms with Gasteiger partial charge in [-0.25, -0.2) is 0 Å². The van der Waals surface area contributed by atoms with Gasteiger partial charge in [-0.1, -0.05) is 104 Å². The van der Waals surface area contributed by atoms with Crippen LogP contribution in [0.4, 0.5) is 0 Å². The van der Waals surface area contributed by atoms with Crippen LogP contribution in [0.3, 0.4) is 0 Å². The van der Waals surface area contributed by atoms with Gasteiger partial charge in [0, 0.05) is 0 Å². The van der Waals surface area contributed by atoms with Crippen molar-refractivity contribution in [2.24, 2.45) is 17.8 Å². The number of hydrogen-bond donors (Lipinski definition) is 3. The van der Waals surface area contributed by atoms with Crippen molar-refractivity contribution in [1.82, 2.24) is 0 Å². The molecule has 0 saturated carbocycles. The molecule has 3 atom stereocenters. The molecular weight excluding hydrogens is 530 g/mol. The minimum absolute atomic E-state index is 0.249. The molecule has 0 aliphatic rings. The monoisotopic (exact) mass is 596 g/mol. The lowest BCUT2D eigenvalue weighted by molar-refractivity contribution is -0.935. The quantitative estimate of drug-likeness (QED) is 0.0433. The number of carboxylic acid groups (broad SMARTS) is 3. The fourth-order valence-corrected chi connectivity index (χ4v) is 6.09. The van der Waals surface area contributed by atoms with Crippen LogP contribution in [0.25, 0.3) is 0 Å². The number of quaternary nitrogens is 1. The molecule has 42 heavy (non-hydrogen) atoms. The molecule has 7 nitrogen and oxygen atoms in total. The van der Waals surface area contributed by atoms with Gasteiger partial charge in [0.1, 0.15) is 17.8 Å². The fraction of sp³-hybridized carbons (Fsp3) is 0.857. The SMILES string of the molecule is CCCCCCCCCCCC/C=C/CCCCCC[N+](CC(CC)C(=O)O)(CC(CC)C(=O)O)CC(CC)C(=O)O. The maximum absolute atomic E-state index is 12.0. The van der Waals surface area contributed by atoms with E-state index in [1.807, 2.05) is 20.8 Å². The fourth-order valence-electron chi connectivity index (χ4n) is 6.09. The molecule has 0 radical (unpaired) electrons. The highest BCUT2D eigenvalue weighted by atomic mass is 16.4. The smallest absolute Gasteiger partial charge is 0.312 e. The second-order valence-corrected chi connectivity index (χ2v) is 12.6. The van der Waals surface area contributed by atoms with Gasteiger partial charge in [0.05, 0.1) is 26.2 Å². The van der Waals surface area contributed by atoms with E-state index in [1.165, 1.54) is 64.2 Å². The van der Waals surface area contributed by atoms with E-state index in [-0.39, 0.29) is 24.1 Å². The number of nitrogens with zero attached hydrogens (tertiary/aromatic N) is 1. The van der Waals surface area contributed by atoms with Crippen molar-refractivity contribution in [2.75, 3.05) is 26.2 Å². The summed E-state index contributed by atoms with van der Waals surface area (Å²) in [6.07, 6.45) is 25.7. The van der Waals surface area contributed by atoms with Crippen molar-refractivity contribution in [3.8, 4) is 0 Å². The Hall–Kier alpha value is -1.89. The number of rotatable bonds is 30. The molecule has 7 heteroatoms. The molecule has 0 aromatic carbocycles. The van der Waals surface area contributed by atoms with Gasteiger partial charge in [-0.3, -0.25) is 14.4 Å². The number of carboxylic acids is 3. The summed E-state index contributed by atoms with van der Waals surface area (Å²) in [6, 6.07) is 0. The van der Waals surface area contributed by atoms with Crippen LogP contribution in [0.5, 0.6) is 0 Å². The van der Waals surface area contributed by atoms with Crippen LogP contribution in [0.15, 0.2) is 12.2 Å². The Kier molecular flexibility index (Phi) is 24.4. The minimum atomic E-state index is -0.892. The van der Waals surface area contributed by atoms with Crippen molar-refractivity contribution < 1.29 is 34.2 Å². The Labute approximate surface area is 257 Å². The van der Waals surface area contributed by atoms with E-state index in [1.54, 1.807) is 0 Å². The topological polar surface area (TPSA) is 112 Å². The average Bonchev–Trinajstić information content (AvgIpc) is 2.96. The van der Waals surface area contributed by atoms with Gasteiger partial charge in [0.2, 0.25) is 0 Å². The van der Waals surface area contributed by atoms with E-state index in [2.05, 4.69) is 19.1 Å². The van der Waals surface area contributed by atoms with Crippen LogP contribution in [0.1, 0.15) is 150 Å². The molecular formula is C35H66NO6+. The van der Waals surface area contributed by atoms with Gasteiger partial charge < -0.3 is 19.8 Å². The molecule has 0 aliphatic carbocycles. The molecule has 3 unspecified atom stereocenters. The molecule has 0 rings (SSSR count). The van der Waals surface area contributed by atoms with Gasteiger partial charge >= 0.3 is 17.9 Å². The standard InChI is InChI=1S/C35H65NO6/c1-5-9-10-11-12-13-14-15-16-17-18-19-20-21-22-23-24-25-26-36(27-30(6-2)33(37)38,28-31(7-3)34(39)40)29-32(8-4)35(41)42/h19-20,30-32H,5-18,21-29H2,1-4H3,(H2-,37,38,39,40,41,42)/p+1/b20-19+. The predicted molar refractivity (Wildman–Crippen MR) is 173 cm³/mol. The van der Waals surface area contributed by atoms with Crippen LogP contribution >= 0.6 is 0 Å². The Balaban J connectivity index is 4.75. The van der Waals surface area contributed by atoms with Gasteiger partial charge in [-0.05, 0) is 57.8 Å². The minimum Gasteiger partial charge on any atom is -0.481 e.